The molecule has 3 aromatic heterocycles. The molecule has 0 saturated carbocycles. The quantitative estimate of drug-likeness (QED) is 0.773. The minimum atomic E-state index is 0.464. The summed E-state index contributed by atoms with van der Waals surface area (Å²) in [6.07, 6.45) is 3.25. The van der Waals surface area contributed by atoms with Crippen molar-refractivity contribution < 1.29 is 0 Å². The molecule has 0 radical (unpaired) electrons. The maximum atomic E-state index is 6.09. The van der Waals surface area contributed by atoms with E-state index in [0.29, 0.717) is 16.7 Å². The molecule has 96 valence electrons. The van der Waals surface area contributed by atoms with Crippen molar-refractivity contribution in [1.82, 2.24) is 20.2 Å². The Balaban J connectivity index is 1.96. The molecule has 3 rings (SSSR count). The average molecular weight is 292 g/mol. The smallest absolute Gasteiger partial charge is 0.171 e. The summed E-state index contributed by atoms with van der Waals surface area (Å²) in [7, 11) is 0. The van der Waals surface area contributed by atoms with Crippen LogP contribution in [0.2, 0.25) is 5.02 Å². The van der Waals surface area contributed by atoms with Gasteiger partial charge in [-0.2, -0.15) is 5.10 Å². The maximum absolute atomic E-state index is 6.09. The van der Waals surface area contributed by atoms with Gasteiger partial charge < -0.3 is 5.32 Å². The van der Waals surface area contributed by atoms with Gasteiger partial charge in [-0.25, -0.2) is 9.97 Å². The minimum Gasteiger partial charge on any atom is -0.324 e. The van der Waals surface area contributed by atoms with Gasteiger partial charge in [0, 0.05) is 10.9 Å². The molecule has 2 N–H and O–H groups in total. The van der Waals surface area contributed by atoms with Crippen LogP contribution < -0.4 is 5.32 Å². The van der Waals surface area contributed by atoms with Crippen LogP contribution in [-0.4, -0.2) is 20.2 Å². The van der Waals surface area contributed by atoms with Crippen LogP contribution in [0.1, 0.15) is 4.88 Å². The standard InChI is InChI=1S/C12H10ClN5S/c1-7-2-3-9(19-7)12-14-6-8(13)11(17-12)16-10-4-5-15-18-10/h2-6H,1H3,(H2,14,15,16,17,18). The number of thiophene rings is 1. The number of aromatic amines is 1. The van der Waals surface area contributed by atoms with Crippen molar-refractivity contribution in [3.63, 3.8) is 0 Å². The fourth-order valence-corrected chi connectivity index (χ4v) is 2.53. The number of aryl methyl sites for hydroxylation is 1. The van der Waals surface area contributed by atoms with E-state index in [0.717, 1.165) is 10.7 Å². The summed E-state index contributed by atoms with van der Waals surface area (Å²) in [4.78, 5) is 10.9. The topological polar surface area (TPSA) is 66.5 Å². The zero-order valence-corrected chi connectivity index (χ0v) is 11.6. The lowest BCUT2D eigenvalue weighted by Crippen LogP contribution is -1.97. The van der Waals surface area contributed by atoms with E-state index < -0.39 is 0 Å². The van der Waals surface area contributed by atoms with Crippen LogP contribution in [0, 0.1) is 6.92 Å². The number of nitrogens with one attached hydrogen (secondary N) is 2. The van der Waals surface area contributed by atoms with E-state index in [1.54, 1.807) is 29.8 Å². The van der Waals surface area contributed by atoms with Gasteiger partial charge in [-0.15, -0.1) is 11.3 Å². The monoisotopic (exact) mass is 291 g/mol. The zero-order chi connectivity index (χ0) is 13.2. The second-order valence-corrected chi connectivity index (χ2v) is 5.59. The van der Waals surface area contributed by atoms with Crippen molar-refractivity contribution in [2.45, 2.75) is 6.92 Å². The molecule has 19 heavy (non-hydrogen) atoms. The number of aromatic nitrogens is 4. The van der Waals surface area contributed by atoms with Crippen LogP contribution >= 0.6 is 22.9 Å². The van der Waals surface area contributed by atoms with Crippen LogP contribution in [0.5, 0.6) is 0 Å². The molecular weight excluding hydrogens is 282 g/mol. The molecule has 0 amide bonds. The number of hydrogen-bond donors (Lipinski definition) is 2. The molecule has 0 spiro atoms. The number of rotatable bonds is 3. The van der Waals surface area contributed by atoms with Crippen LogP contribution in [0.15, 0.2) is 30.6 Å². The number of H-pyrrole nitrogens is 1. The molecular formula is C12H10ClN5S. The van der Waals surface area contributed by atoms with Gasteiger partial charge in [0.1, 0.15) is 10.8 Å². The Morgan fingerprint density at radius 3 is 2.89 bits per heavy atom. The Morgan fingerprint density at radius 2 is 2.21 bits per heavy atom. The molecule has 0 aliphatic carbocycles. The summed E-state index contributed by atoms with van der Waals surface area (Å²) in [6.45, 7) is 2.05. The fraction of sp³-hybridized carbons (Fsp3) is 0.0833. The molecule has 0 atom stereocenters. The lowest BCUT2D eigenvalue weighted by atomic mass is 10.4. The summed E-state index contributed by atoms with van der Waals surface area (Å²) in [5, 5.41) is 10.2. The highest BCUT2D eigenvalue weighted by Gasteiger charge is 2.09. The highest BCUT2D eigenvalue weighted by Crippen LogP contribution is 2.28. The summed E-state index contributed by atoms with van der Waals surface area (Å²) in [5.41, 5.74) is 0. The van der Waals surface area contributed by atoms with E-state index in [2.05, 4.69) is 25.5 Å². The number of halogens is 1. The second kappa shape index (κ2) is 4.99. The summed E-state index contributed by atoms with van der Waals surface area (Å²) >= 11 is 7.73. The Morgan fingerprint density at radius 1 is 1.32 bits per heavy atom. The highest BCUT2D eigenvalue weighted by atomic mass is 35.5. The third kappa shape index (κ3) is 2.59. The third-order valence-corrected chi connectivity index (χ3v) is 3.73. The van der Waals surface area contributed by atoms with E-state index in [4.69, 9.17) is 11.6 Å². The average Bonchev–Trinajstić information content (AvgIpc) is 3.03. The van der Waals surface area contributed by atoms with Gasteiger partial charge in [0.25, 0.3) is 0 Å². The summed E-state index contributed by atoms with van der Waals surface area (Å²) < 4.78 is 0. The normalized spacial score (nSPS) is 10.6. The molecule has 0 bridgehead atoms. The van der Waals surface area contributed by atoms with Gasteiger partial charge in [0.05, 0.1) is 17.3 Å². The molecule has 3 aromatic rings. The molecule has 3 heterocycles. The van der Waals surface area contributed by atoms with Crippen molar-refractivity contribution in [1.29, 1.82) is 0 Å². The van der Waals surface area contributed by atoms with Crippen molar-refractivity contribution in [2.24, 2.45) is 0 Å². The Labute approximate surface area is 118 Å². The number of nitrogens with zero attached hydrogens (tertiary/aromatic N) is 3. The van der Waals surface area contributed by atoms with Crippen LogP contribution in [0.25, 0.3) is 10.7 Å². The van der Waals surface area contributed by atoms with Gasteiger partial charge in [0.15, 0.2) is 11.6 Å². The lowest BCUT2D eigenvalue weighted by molar-refractivity contribution is 1.09. The number of anilines is 2. The Bertz CT molecular complexity index is 692. The van der Waals surface area contributed by atoms with Gasteiger partial charge >= 0.3 is 0 Å². The molecule has 0 saturated heterocycles. The van der Waals surface area contributed by atoms with Gasteiger partial charge in [0.2, 0.25) is 0 Å². The minimum absolute atomic E-state index is 0.464. The van der Waals surface area contributed by atoms with E-state index in [-0.39, 0.29) is 0 Å². The Hall–Kier alpha value is -1.92. The molecule has 0 aliphatic rings. The predicted molar refractivity (Wildman–Crippen MR) is 77.0 cm³/mol. The highest BCUT2D eigenvalue weighted by molar-refractivity contribution is 7.15. The van der Waals surface area contributed by atoms with E-state index in [1.165, 1.54) is 4.88 Å². The SMILES string of the molecule is Cc1ccc(-c2ncc(Cl)c(Nc3ccn[nH]3)n2)s1. The van der Waals surface area contributed by atoms with Crippen molar-refractivity contribution in [2.75, 3.05) is 5.32 Å². The van der Waals surface area contributed by atoms with Crippen molar-refractivity contribution in [3.05, 3.63) is 40.5 Å². The van der Waals surface area contributed by atoms with E-state index in [9.17, 15) is 0 Å². The molecule has 0 fully saturated rings. The lowest BCUT2D eigenvalue weighted by Gasteiger charge is -2.06. The van der Waals surface area contributed by atoms with Gasteiger partial charge in [-0.05, 0) is 19.1 Å². The van der Waals surface area contributed by atoms with Crippen molar-refractivity contribution >= 4 is 34.6 Å². The largest absolute Gasteiger partial charge is 0.324 e. The summed E-state index contributed by atoms with van der Waals surface area (Å²) in [5.74, 6) is 1.94. The third-order valence-electron chi connectivity index (χ3n) is 2.46. The Kier molecular flexibility index (Phi) is 3.18. The van der Waals surface area contributed by atoms with Crippen LogP contribution in [-0.2, 0) is 0 Å². The van der Waals surface area contributed by atoms with E-state index in [1.807, 2.05) is 19.1 Å². The maximum Gasteiger partial charge on any atom is 0.171 e. The van der Waals surface area contributed by atoms with Crippen LogP contribution in [0.4, 0.5) is 11.6 Å². The van der Waals surface area contributed by atoms with E-state index >= 15 is 0 Å². The first-order chi connectivity index (χ1) is 9.22. The first-order valence-corrected chi connectivity index (χ1v) is 6.77. The van der Waals surface area contributed by atoms with Crippen molar-refractivity contribution in [3.8, 4) is 10.7 Å². The zero-order valence-electron chi connectivity index (χ0n) is 10.0. The first kappa shape index (κ1) is 12.1. The van der Waals surface area contributed by atoms with Gasteiger partial charge in [-0.3, -0.25) is 5.10 Å². The summed E-state index contributed by atoms with van der Waals surface area (Å²) in [6, 6.07) is 5.84. The van der Waals surface area contributed by atoms with Crippen LogP contribution in [0.3, 0.4) is 0 Å². The molecule has 7 heteroatoms. The molecule has 5 nitrogen and oxygen atoms in total. The molecule has 0 aliphatic heterocycles. The molecule has 0 unspecified atom stereocenters. The number of hydrogen-bond acceptors (Lipinski definition) is 5. The molecule has 0 aromatic carbocycles. The van der Waals surface area contributed by atoms with Gasteiger partial charge in [-0.1, -0.05) is 11.6 Å². The first-order valence-electron chi connectivity index (χ1n) is 5.58. The second-order valence-electron chi connectivity index (χ2n) is 3.90. The predicted octanol–water partition coefficient (Wildman–Crippen LogP) is 3.63. The fourth-order valence-electron chi connectivity index (χ4n) is 1.58.